The minimum atomic E-state index is 0.230. The van der Waals surface area contributed by atoms with E-state index in [4.69, 9.17) is 5.73 Å². The van der Waals surface area contributed by atoms with Crippen LogP contribution in [0.2, 0.25) is 0 Å². The monoisotopic (exact) mass is 311 g/mol. The van der Waals surface area contributed by atoms with E-state index in [1.165, 1.54) is 5.56 Å². The SMILES string of the molecule is Cn1ccnc1SC(CN)c1cccc(Br)c1. The Bertz CT molecular complexity index is 498. The number of aromatic nitrogens is 2. The lowest BCUT2D eigenvalue weighted by molar-refractivity contribution is 0.783. The Hall–Kier alpha value is -0.780. The Morgan fingerprint density at radius 2 is 2.35 bits per heavy atom. The van der Waals surface area contributed by atoms with E-state index in [2.05, 4.69) is 33.0 Å². The molecule has 5 heteroatoms. The minimum Gasteiger partial charge on any atom is -0.329 e. The van der Waals surface area contributed by atoms with Crippen molar-refractivity contribution in [3.8, 4) is 0 Å². The van der Waals surface area contributed by atoms with Crippen LogP contribution in [0.5, 0.6) is 0 Å². The quantitative estimate of drug-likeness (QED) is 0.883. The van der Waals surface area contributed by atoms with Crippen LogP contribution in [-0.4, -0.2) is 16.1 Å². The highest BCUT2D eigenvalue weighted by molar-refractivity contribution is 9.10. The molecule has 2 aromatic rings. The van der Waals surface area contributed by atoms with Crippen LogP contribution < -0.4 is 5.73 Å². The third-order valence-electron chi connectivity index (χ3n) is 2.46. The molecule has 0 saturated carbocycles. The summed E-state index contributed by atoms with van der Waals surface area (Å²) in [7, 11) is 1.99. The second kappa shape index (κ2) is 5.71. The van der Waals surface area contributed by atoms with Crippen LogP contribution in [0.15, 0.2) is 46.3 Å². The van der Waals surface area contributed by atoms with Crippen molar-refractivity contribution >= 4 is 27.7 Å². The number of nitrogens with two attached hydrogens (primary N) is 1. The number of thioether (sulfide) groups is 1. The lowest BCUT2D eigenvalue weighted by Crippen LogP contribution is -2.10. The van der Waals surface area contributed by atoms with Gasteiger partial charge in [0.15, 0.2) is 5.16 Å². The molecular formula is C12H14BrN3S. The number of imidazole rings is 1. The van der Waals surface area contributed by atoms with Crippen LogP contribution in [0.3, 0.4) is 0 Å². The van der Waals surface area contributed by atoms with Gasteiger partial charge in [-0.05, 0) is 17.7 Å². The van der Waals surface area contributed by atoms with Crippen molar-refractivity contribution in [2.45, 2.75) is 10.4 Å². The largest absolute Gasteiger partial charge is 0.329 e. The summed E-state index contributed by atoms with van der Waals surface area (Å²) in [6.45, 7) is 0.591. The number of hydrogen-bond donors (Lipinski definition) is 1. The van der Waals surface area contributed by atoms with Gasteiger partial charge >= 0.3 is 0 Å². The number of benzene rings is 1. The molecule has 1 aromatic heterocycles. The maximum Gasteiger partial charge on any atom is 0.168 e. The van der Waals surface area contributed by atoms with E-state index >= 15 is 0 Å². The number of halogens is 1. The van der Waals surface area contributed by atoms with Crippen LogP contribution in [0.1, 0.15) is 10.8 Å². The standard InChI is InChI=1S/C12H14BrN3S/c1-16-6-5-15-12(16)17-11(8-14)9-3-2-4-10(13)7-9/h2-7,11H,8,14H2,1H3. The van der Waals surface area contributed by atoms with Crippen molar-refractivity contribution in [2.75, 3.05) is 6.54 Å². The smallest absolute Gasteiger partial charge is 0.168 e. The van der Waals surface area contributed by atoms with Gasteiger partial charge in [0, 0.05) is 35.7 Å². The first-order valence-electron chi connectivity index (χ1n) is 5.30. The molecule has 1 unspecified atom stereocenters. The summed E-state index contributed by atoms with van der Waals surface area (Å²) in [6.07, 6.45) is 3.74. The highest BCUT2D eigenvalue weighted by Crippen LogP contribution is 2.33. The van der Waals surface area contributed by atoms with Crippen molar-refractivity contribution < 1.29 is 0 Å². The number of rotatable bonds is 4. The fourth-order valence-electron chi connectivity index (χ4n) is 1.55. The maximum absolute atomic E-state index is 5.85. The van der Waals surface area contributed by atoms with E-state index in [9.17, 15) is 0 Å². The molecule has 0 bridgehead atoms. The molecule has 0 amide bonds. The zero-order valence-corrected chi connectivity index (χ0v) is 11.9. The van der Waals surface area contributed by atoms with Gasteiger partial charge in [-0.2, -0.15) is 0 Å². The predicted molar refractivity (Wildman–Crippen MR) is 75.0 cm³/mol. The Morgan fingerprint density at radius 3 is 2.94 bits per heavy atom. The van der Waals surface area contributed by atoms with Crippen molar-refractivity contribution in [3.63, 3.8) is 0 Å². The first-order chi connectivity index (χ1) is 8.20. The third kappa shape index (κ3) is 3.12. The second-order valence-electron chi connectivity index (χ2n) is 3.72. The molecular weight excluding hydrogens is 298 g/mol. The van der Waals surface area contributed by atoms with Crippen LogP contribution >= 0.6 is 27.7 Å². The van der Waals surface area contributed by atoms with Crippen molar-refractivity contribution in [2.24, 2.45) is 12.8 Å². The number of aryl methyl sites for hydroxylation is 1. The summed E-state index contributed by atoms with van der Waals surface area (Å²) < 4.78 is 3.08. The fraction of sp³-hybridized carbons (Fsp3) is 0.250. The Kier molecular flexibility index (Phi) is 4.25. The number of hydrogen-bond acceptors (Lipinski definition) is 3. The average molecular weight is 312 g/mol. The average Bonchev–Trinajstić information content (AvgIpc) is 2.71. The lowest BCUT2D eigenvalue weighted by atomic mass is 10.1. The molecule has 0 aliphatic rings. The molecule has 1 aromatic carbocycles. The summed E-state index contributed by atoms with van der Waals surface area (Å²) in [5.41, 5.74) is 7.07. The Labute approximate surface area is 114 Å². The topological polar surface area (TPSA) is 43.8 Å². The van der Waals surface area contributed by atoms with E-state index in [1.807, 2.05) is 29.9 Å². The van der Waals surface area contributed by atoms with Gasteiger partial charge in [0.2, 0.25) is 0 Å². The molecule has 3 nitrogen and oxygen atoms in total. The van der Waals surface area contributed by atoms with Gasteiger partial charge in [0.25, 0.3) is 0 Å². The van der Waals surface area contributed by atoms with E-state index in [0.717, 1.165) is 9.63 Å². The molecule has 0 aliphatic carbocycles. The van der Waals surface area contributed by atoms with Crippen molar-refractivity contribution in [1.29, 1.82) is 0 Å². The van der Waals surface area contributed by atoms with Gasteiger partial charge < -0.3 is 10.3 Å². The lowest BCUT2D eigenvalue weighted by Gasteiger charge is -2.14. The second-order valence-corrected chi connectivity index (χ2v) is 5.80. The Balaban J connectivity index is 2.20. The van der Waals surface area contributed by atoms with Gasteiger partial charge in [-0.3, -0.25) is 0 Å². The highest BCUT2D eigenvalue weighted by Gasteiger charge is 2.14. The molecule has 1 heterocycles. The van der Waals surface area contributed by atoms with Gasteiger partial charge in [-0.1, -0.05) is 39.8 Å². The third-order valence-corrected chi connectivity index (χ3v) is 4.31. The van der Waals surface area contributed by atoms with E-state index < -0.39 is 0 Å². The fourth-order valence-corrected chi connectivity index (χ4v) is 2.95. The minimum absolute atomic E-state index is 0.230. The normalized spacial score (nSPS) is 12.6. The zero-order valence-electron chi connectivity index (χ0n) is 9.51. The molecule has 0 saturated heterocycles. The first kappa shape index (κ1) is 12.7. The van der Waals surface area contributed by atoms with Gasteiger partial charge in [-0.25, -0.2) is 4.98 Å². The zero-order chi connectivity index (χ0) is 12.3. The molecule has 90 valence electrons. The van der Waals surface area contributed by atoms with Crippen LogP contribution in [0.25, 0.3) is 0 Å². The summed E-state index contributed by atoms with van der Waals surface area (Å²) in [5.74, 6) is 0. The van der Waals surface area contributed by atoms with Gasteiger partial charge in [-0.15, -0.1) is 0 Å². The van der Waals surface area contributed by atoms with Crippen LogP contribution in [-0.2, 0) is 7.05 Å². The molecule has 2 N–H and O–H groups in total. The first-order valence-corrected chi connectivity index (χ1v) is 6.97. The van der Waals surface area contributed by atoms with E-state index in [1.54, 1.807) is 18.0 Å². The molecule has 0 spiro atoms. The molecule has 0 radical (unpaired) electrons. The van der Waals surface area contributed by atoms with Crippen molar-refractivity contribution in [1.82, 2.24) is 9.55 Å². The molecule has 1 atom stereocenters. The molecule has 0 aliphatic heterocycles. The van der Waals surface area contributed by atoms with E-state index in [0.29, 0.717) is 6.54 Å². The molecule has 17 heavy (non-hydrogen) atoms. The van der Waals surface area contributed by atoms with Crippen molar-refractivity contribution in [3.05, 3.63) is 46.7 Å². The highest BCUT2D eigenvalue weighted by atomic mass is 79.9. The van der Waals surface area contributed by atoms with E-state index in [-0.39, 0.29) is 5.25 Å². The molecule has 0 fully saturated rings. The Morgan fingerprint density at radius 1 is 1.53 bits per heavy atom. The summed E-state index contributed by atoms with van der Waals surface area (Å²) >= 11 is 5.17. The summed E-state index contributed by atoms with van der Waals surface area (Å²) in [4.78, 5) is 4.31. The maximum atomic E-state index is 5.85. The van der Waals surface area contributed by atoms with Gasteiger partial charge in [0.1, 0.15) is 0 Å². The predicted octanol–water partition coefficient (Wildman–Crippen LogP) is 2.97. The summed E-state index contributed by atoms with van der Waals surface area (Å²) in [6, 6.07) is 8.25. The molecule has 2 rings (SSSR count). The van der Waals surface area contributed by atoms with Gasteiger partial charge in [0.05, 0.1) is 0 Å². The van der Waals surface area contributed by atoms with Crippen LogP contribution in [0, 0.1) is 0 Å². The summed E-state index contributed by atoms with van der Waals surface area (Å²) in [5, 5.41) is 1.22. The van der Waals surface area contributed by atoms with Crippen LogP contribution in [0.4, 0.5) is 0 Å². The number of nitrogens with zero attached hydrogens (tertiary/aromatic N) is 2.